The molecule has 0 amide bonds. The van der Waals surface area contributed by atoms with E-state index in [1.54, 1.807) is 0 Å². The lowest BCUT2D eigenvalue weighted by Gasteiger charge is -2.04. The van der Waals surface area contributed by atoms with Gasteiger partial charge in [-0.3, -0.25) is 4.68 Å². The van der Waals surface area contributed by atoms with Crippen LogP contribution in [0, 0.1) is 0 Å². The van der Waals surface area contributed by atoms with E-state index in [1.807, 2.05) is 0 Å². The van der Waals surface area contributed by atoms with E-state index in [4.69, 9.17) is 10.2 Å². The summed E-state index contributed by atoms with van der Waals surface area (Å²) in [5.74, 6) is -2.18. The molecule has 70 valence electrons. The van der Waals surface area contributed by atoms with Gasteiger partial charge in [-0.1, -0.05) is 0 Å². The minimum Gasteiger partial charge on any atom is -0.480 e. The molecule has 2 N–H and O–H groups in total. The summed E-state index contributed by atoms with van der Waals surface area (Å²) in [5, 5.41) is 20.7. The molecule has 1 aromatic rings. The highest BCUT2D eigenvalue weighted by atomic mass is 16.4. The van der Waals surface area contributed by atoms with Gasteiger partial charge >= 0.3 is 11.9 Å². The summed E-state index contributed by atoms with van der Waals surface area (Å²) in [4.78, 5) is 20.9. The number of rotatable bonds is 3. The highest BCUT2D eigenvalue weighted by molar-refractivity contribution is 5.87. The molecule has 1 rings (SSSR count). The summed E-state index contributed by atoms with van der Waals surface area (Å²) >= 11 is 0. The zero-order valence-electron chi connectivity index (χ0n) is 6.84. The Morgan fingerprint density at radius 3 is 2.54 bits per heavy atom. The predicted molar refractivity (Wildman–Crippen MR) is 41.5 cm³/mol. The Morgan fingerprint density at radius 1 is 1.54 bits per heavy atom. The van der Waals surface area contributed by atoms with Gasteiger partial charge in [0.1, 0.15) is 6.04 Å². The first kappa shape index (κ1) is 9.24. The molecule has 0 radical (unpaired) electrons. The normalized spacial score (nSPS) is 12.4. The zero-order chi connectivity index (χ0) is 10.0. The van der Waals surface area contributed by atoms with Crippen LogP contribution in [-0.4, -0.2) is 31.9 Å². The molecule has 0 spiro atoms. The van der Waals surface area contributed by atoms with Gasteiger partial charge in [0.25, 0.3) is 0 Å². The van der Waals surface area contributed by atoms with Crippen LogP contribution in [0.15, 0.2) is 12.4 Å². The average Bonchev–Trinajstić information content (AvgIpc) is 2.50. The first-order valence-electron chi connectivity index (χ1n) is 3.52. The third-order valence-electron chi connectivity index (χ3n) is 1.60. The summed E-state index contributed by atoms with van der Waals surface area (Å²) in [5.41, 5.74) is -0.0203. The molecule has 0 aliphatic carbocycles. The van der Waals surface area contributed by atoms with Crippen molar-refractivity contribution in [3.8, 4) is 0 Å². The summed E-state index contributed by atoms with van der Waals surface area (Å²) in [6.45, 7) is 1.42. The second kappa shape index (κ2) is 3.26. The number of carboxylic acid groups (broad SMARTS) is 2. The van der Waals surface area contributed by atoms with Gasteiger partial charge < -0.3 is 10.2 Å². The first-order valence-corrected chi connectivity index (χ1v) is 3.52. The fraction of sp³-hybridized carbons (Fsp3) is 0.286. The molecule has 0 aromatic carbocycles. The lowest BCUT2D eigenvalue weighted by molar-refractivity contribution is -0.140. The predicted octanol–water partition coefficient (Wildman–Crippen LogP) is 0.227. The lowest BCUT2D eigenvalue weighted by Crippen LogP contribution is -2.15. The van der Waals surface area contributed by atoms with E-state index in [1.165, 1.54) is 13.1 Å². The van der Waals surface area contributed by atoms with Crippen molar-refractivity contribution in [2.24, 2.45) is 0 Å². The fourth-order valence-corrected chi connectivity index (χ4v) is 0.773. The van der Waals surface area contributed by atoms with Crippen molar-refractivity contribution < 1.29 is 19.8 Å². The van der Waals surface area contributed by atoms with Gasteiger partial charge in [-0.25, -0.2) is 9.59 Å². The average molecular weight is 184 g/mol. The molecule has 1 atom stereocenters. The second-order valence-electron chi connectivity index (χ2n) is 2.53. The van der Waals surface area contributed by atoms with Gasteiger partial charge in [0.2, 0.25) is 0 Å². The van der Waals surface area contributed by atoms with E-state index in [0.29, 0.717) is 0 Å². The molecule has 6 nitrogen and oxygen atoms in total. The maximum absolute atomic E-state index is 10.5. The Balaban J connectivity index is 2.91. The van der Waals surface area contributed by atoms with Crippen molar-refractivity contribution in [2.45, 2.75) is 13.0 Å². The monoisotopic (exact) mass is 184 g/mol. The molecular weight excluding hydrogens is 176 g/mol. The number of carboxylic acids is 2. The molecule has 0 aliphatic rings. The van der Waals surface area contributed by atoms with Crippen molar-refractivity contribution in [3.63, 3.8) is 0 Å². The van der Waals surface area contributed by atoms with E-state index in [-0.39, 0.29) is 5.56 Å². The van der Waals surface area contributed by atoms with Crippen LogP contribution in [0.25, 0.3) is 0 Å². The van der Waals surface area contributed by atoms with Crippen LogP contribution in [-0.2, 0) is 4.79 Å². The molecule has 1 heterocycles. The van der Waals surface area contributed by atoms with E-state index >= 15 is 0 Å². The molecular formula is C7H8N2O4. The van der Waals surface area contributed by atoms with Gasteiger partial charge in [0.05, 0.1) is 11.8 Å². The van der Waals surface area contributed by atoms with Crippen molar-refractivity contribution in [3.05, 3.63) is 18.0 Å². The molecule has 13 heavy (non-hydrogen) atoms. The van der Waals surface area contributed by atoms with Crippen LogP contribution >= 0.6 is 0 Å². The SMILES string of the molecule is CC(C(=O)O)n1cc(C(=O)O)cn1. The summed E-state index contributed by atoms with van der Waals surface area (Å²) in [6, 6.07) is -0.854. The Bertz CT molecular complexity index is 344. The van der Waals surface area contributed by atoms with Crippen LogP contribution in [0.3, 0.4) is 0 Å². The topological polar surface area (TPSA) is 92.4 Å². The van der Waals surface area contributed by atoms with Gasteiger partial charge in [-0.15, -0.1) is 0 Å². The van der Waals surface area contributed by atoms with Crippen molar-refractivity contribution in [1.29, 1.82) is 0 Å². The van der Waals surface area contributed by atoms with E-state index in [9.17, 15) is 9.59 Å². The van der Waals surface area contributed by atoms with Gasteiger partial charge in [-0.2, -0.15) is 5.10 Å². The fourth-order valence-electron chi connectivity index (χ4n) is 0.773. The minimum absolute atomic E-state index is 0.0203. The number of aliphatic carboxylic acids is 1. The smallest absolute Gasteiger partial charge is 0.338 e. The van der Waals surface area contributed by atoms with Crippen molar-refractivity contribution in [2.75, 3.05) is 0 Å². The summed E-state index contributed by atoms with van der Waals surface area (Å²) in [6.07, 6.45) is 2.29. The number of hydrogen-bond acceptors (Lipinski definition) is 3. The number of nitrogens with zero attached hydrogens (tertiary/aromatic N) is 2. The second-order valence-corrected chi connectivity index (χ2v) is 2.53. The number of carbonyl (C=O) groups is 2. The molecule has 0 fully saturated rings. The third kappa shape index (κ3) is 1.84. The quantitative estimate of drug-likeness (QED) is 0.701. The lowest BCUT2D eigenvalue weighted by atomic mass is 10.3. The number of hydrogen-bond donors (Lipinski definition) is 2. The van der Waals surface area contributed by atoms with E-state index in [2.05, 4.69) is 5.10 Å². The van der Waals surface area contributed by atoms with Crippen LogP contribution in [0.5, 0.6) is 0 Å². The van der Waals surface area contributed by atoms with Gasteiger partial charge in [-0.05, 0) is 6.92 Å². The standard InChI is InChI=1S/C7H8N2O4/c1-4(6(10)11)9-3-5(2-8-9)7(12)13/h2-4H,1H3,(H,10,11)(H,12,13). The molecule has 0 aliphatic heterocycles. The number of aromatic carboxylic acids is 1. The Hall–Kier alpha value is -1.85. The van der Waals surface area contributed by atoms with E-state index < -0.39 is 18.0 Å². The Morgan fingerprint density at radius 2 is 2.15 bits per heavy atom. The minimum atomic E-state index is -1.12. The molecule has 0 bridgehead atoms. The van der Waals surface area contributed by atoms with E-state index in [0.717, 1.165) is 10.9 Å². The molecule has 1 aromatic heterocycles. The molecule has 0 saturated heterocycles. The largest absolute Gasteiger partial charge is 0.480 e. The summed E-state index contributed by atoms with van der Waals surface area (Å²) < 4.78 is 1.09. The third-order valence-corrected chi connectivity index (χ3v) is 1.60. The Kier molecular flexibility index (Phi) is 2.32. The summed E-state index contributed by atoms with van der Waals surface area (Å²) in [7, 11) is 0. The molecule has 6 heteroatoms. The maximum atomic E-state index is 10.5. The zero-order valence-corrected chi connectivity index (χ0v) is 6.84. The highest BCUT2D eigenvalue weighted by Gasteiger charge is 2.15. The van der Waals surface area contributed by atoms with Gasteiger partial charge in [0.15, 0.2) is 0 Å². The molecule has 0 saturated carbocycles. The van der Waals surface area contributed by atoms with Crippen LogP contribution in [0.4, 0.5) is 0 Å². The van der Waals surface area contributed by atoms with Crippen LogP contribution in [0.2, 0.25) is 0 Å². The van der Waals surface area contributed by atoms with Gasteiger partial charge in [0, 0.05) is 6.20 Å². The van der Waals surface area contributed by atoms with Crippen molar-refractivity contribution >= 4 is 11.9 Å². The van der Waals surface area contributed by atoms with Crippen LogP contribution in [0.1, 0.15) is 23.3 Å². The number of aromatic nitrogens is 2. The molecule has 1 unspecified atom stereocenters. The first-order chi connectivity index (χ1) is 6.02. The maximum Gasteiger partial charge on any atom is 0.338 e. The van der Waals surface area contributed by atoms with Crippen LogP contribution < -0.4 is 0 Å². The van der Waals surface area contributed by atoms with Crippen molar-refractivity contribution in [1.82, 2.24) is 9.78 Å². The highest BCUT2D eigenvalue weighted by Crippen LogP contribution is 2.06. The Labute approximate surface area is 73.4 Å².